The van der Waals surface area contributed by atoms with Crippen molar-refractivity contribution in [3.8, 4) is 17.6 Å². The lowest BCUT2D eigenvalue weighted by Crippen LogP contribution is -2.46. The number of carbonyl (C=O) groups is 1. The van der Waals surface area contributed by atoms with Gasteiger partial charge in [0, 0.05) is 26.1 Å². The molecule has 2 fully saturated rings. The maximum absolute atomic E-state index is 14.3. The van der Waals surface area contributed by atoms with Crippen molar-refractivity contribution in [2.75, 3.05) is 32.7 Å². The molecule has 0 aromatic heterocycles. The van der Waals surface area contributed by atoms with E-state index >= 15 is 0 Å². The number of nitrogens with zero attached hydrogens (tertiary/aromatic N) is 3. The van der Waals surface area contributed by atoms with Gasteiger partial charge in [-0.2, -0.15) is 0 Å². The molecule has 1 amide bonds. The summed E-state index contributed by atoms with van der Waals surface area (Å²) < 4.78 is 24.6. The van der Waals surface area contributed by atoms with Crippen molar-refractivity contribution >= 4 is 40.1 Å². The number of hydrogen-bond donors (Lipinski definition) is 0. The van der Waals surface area contributed by atoms with Gasteiger partial charge < -0.3 is 9.47 Å². The average molecular weight is 398 g/mol. The van der Waals surface area contributed by atoms with Gasteiger partial charge in [-0.1, -0.05) is 23.4 Å². The van der Waals surface area contributed by atoms with E-state index in [1.54, 1.807) is 17.1 Å². The second-order valence-corrected chi connectivity index (χ2v) is 6.81. The molecular weight excluding hydrogens is 381 g/mol. The molecule has 1 aromatic rings. The van der Waals surface area contributed by atoms with Gasteiger partial charge in [0.15, 0.2) is 5.82 Å². The number of ether oxygens (including phenoxy) is 2. The maximum atomic E-state index is 14.3. The number of benzene rings is 1. The van der Waals surface area contributed by atoms with Gasteiger partial charge in [0.25, 0.3) is 0 Å². The van der Waals surface area contributed by atoms with Crippen LogP contribution in [0.25, 0.3) is 0 Å². The SMILES string of the molecule is COCC#CCOc1cc(N=C2CCCN3C(=O)SCN23)c(F)cc1Cl. The quantitative estimate of drug-likeness (QED) is 0.725. The molecule has 3 rings (SSSR count). The van der Waals surface area contributed by atoms with Crippen molar-refractivity contribution in [1.29, 1.82) is 0 Å². The summed E-state index contributed by atoms with van der Waals surface area (Å²) in [6.45, 7) is 1.07. The number of fused-ring (bicyclic) bond motifs is 1. The van der Waals surface area contributed by atoms with Crippen molar-refractivity contribution in [3.05, 3.63) is 23.0 Å². The van der Waals surface area contributed by atoms with Crippen molar-refractivity contribution in [2.45, 2.75) is 12.8 Å². The molecule has 0 N–H and O–H groups in total. The fourth-order valence-corrected chi connectivity index (χ4v) is 3.62. The lowest BCUT2D eigenvalue weighted by Gasteiger charge is -2.33. The van der Waals surface area contributed by atoms with Gasteiger partial charge in [0.05, 0.1) is 10.9 Å². The first-order valence-corrected chi connectivity index (χ1v) is 9.32. The van der Waals surface area contributed by atoms with E-state index in [0.717, 1.165) is 6.42 Å². The van der Waals surface area contributed by atoms with Gasteiger partial charge in [0.2, 0.25) is 0 Å². The van der Waals surface area contributed by atoms with Crippen molar-refractivity contribution in [3.63, 3.8) is 0 Å². The predicted molar refractivity (Wildman–Crippen MR) is 99.3 cm³/mol. The van der Waals surface area contributed by atoms with E-state index in [0.29, 0.717) is 37.0 Å². The highest BCUT2D eigenvalue weighted by Gasteiger charge is 2.35. The number of aliphatic imine (C=N–C) groups is 1. The summed E-state index contributed by atoms with van der Waals surface area (Å²) in [5, 5.41) is 3.58. The third-order valence-electron chi connectivity index (χ3n) is 3.77. The number of amides is 1. The Labute approximate surface area is 160 Å². The van der Waals surface area contributed by atoms with Gasteiger partial charge >= 0.3 is 5.24 Å². The number of carbonyl (C=O) groups excluding carboxylic acids is 1. The molecule has 2 saturated heterocycles. The highest BCUT2D eigenvalue weighted by molar-refractivity contribution is 8.13. The Hall–Kier alpha value is -1.95. The smallest absolute Gasteiger partial charge is 0.302 e. The molecule has 138 valence electrons. The molecular formula is C17H17ClFN3O3S. The average Bonchev–Trinajstić information content (AvgIpc) is 3.00. The van der Waals surface area contributed by atoms with E-state index < -0.39 is 5.82 Å². The highest BCUT2D eigenvalue weighted by atomic mass is 35.5. The minimum Gasteiger partial charge on any atom is -0.479 e. The molecule has 1 aromatic carbocycles. The Morgan fingerprint density at radius 2 is 2.15 bits per heavy atom. The molecule has 0 unspecified atom stereocenters. The Balaban J connectivity index is 1.80. The zero-order valence-corrected chi connectivity index (χ0v) is 15.7. The molecule has 0 bridgehead atoms. The summed E-state index contributed by atoms with van der Waals surface area (Å²) in [6, 6.07) is 2.62. The third-order valence-corrected chi connectivity index (χ3v) is 4.90. The highest BCUT2D eigenvalue weighted by Crippen LogP contribution is 2.34. The molecule has 0 radical (unpaired) electrons. The molecule has 9 heteroatoms. The number of hydrazine groups is 1. The number of rotatable bonds is 4. The van der Waals surface area contributed by atoms with Crippen LogP contribution in [0.4, 0.5) is 14.9 Å². The molecule has 0 atom stereocenters. The van der Waals surface area contributed by atoms with E-state index in [1.165, 1.54) is 23.9 Å². The number of methoxy groups -OCH3 is 1. The standard InChI is InChI=1S/C17H17ClFN3O3S/c1-24-7-2-3-8-25-15-10-14(13(19)9-12(15)18)20-16-5-4-6-21-17(23)26-11-22(16)21/h9-10H,4-8,11H2,1H3. The van der Waals surface area contributed by atoms with E-state index in [4.69, 9.17) is 21.1 Å². The largest absolute Gasteiger partial charge is 0.479 e. The Morgan fingerprint density at radius 3 is 2.96 bits per heavy atom. The summed E-state index contributed by atoms with van der Waals surface area (Å²) >= 11 is 7.25. The number of amidine groups is 1. The topological polar surface area (TPSA) is 54.4 Å². The fraction of sp³-hybridized carbons (Fsp3) is 0.412. The van der Waals surface area contributed by atoms with Crippen LogP contribution in [0, 0.1) is 17.7 Å². The molecule has 26 heavy (non-hydrogen) atoms. The minimum absolute atomic E-state index is 0.00682. The monoisotopic (exact) mass is 397 g/mol. The maximum Gasteiger partial charge on any atom is 0.302 e. The van der Waals surface area contributed by atoms with Crippen LogP contribution in [-0.2, 0) is 4.74 Å². The van der Waals surface area contributed by atoms with E-state index in [2.05, 4.69) is 16.8 Å². The van der Waals surface area contributed by atoms with Crippen LogP contribution >= 0.6 is 23.4 Å². The lowest BCUT2D eigenvalue weighted by atomic mass is 10.2. The predicted octanol–water partition coefficient (Wildman–Crippen LogP) is 3.67. The summed E-state index contributed by atoms with van der Waals surface area (Å²) in [7, 11) is 1.55. The molecule has 0 saturated carbocycles. The van der Waals surface area contributed by atoms with E-state index in [1.807, 2.05) is 0 Å². The zero-order valence-electron chi connectivity index (χ0n) is 14.1. The van der Waals surface area contributed by atoms with Crippen LogP contribution in [0.2, 0.25) is 5.02 Å². The first-order valence-electron chi connectivity index (χ1n) is 7.96. The molecule has 2 aliphatic rings. The van der Waals surface area contributed by atoms with Gasteiger partial charge in [0.1, 0.15) is 30.5 Å². The van der Waals surface area contributed by atoms with Gasteiger partial charge in [-0.25, -0.2) is 14.4 Å². The van der Waals surface area contributed by atoms with Crippen LogP contribution in [0.5, 0.6) is 5.75 Å². The normalized spacial score (nSPS) is 18.0. The molecule has 0 aliphatic carbocycles. The number of halogens is 2. The second kappa shape index (κ2) is 8.62. The lowest BCUT2D eigenvalue weighted by molar-refractivity contribution is 0.108. The van der Waals surface area contributed by atoms with E-state index in [-0.39, 0.29) is 22.6 Å². The third kappa shape index (κ3) is 4.23. The Kier molecular flexibility index (Phi) is 6.25. The fourth-order valence-electron chi connectivity index (χ4n) is 2.56. The summed E-state index contributed by atoms with van der Waals surface area (Å²) in [5.41, 5.74) is 0.121. The van der Waals surface area contributed by atoms with Gasteiger partial charge in [-0.05, 0) is 24.2 Å². The number of thioether (sulfide) groups is 1. The Bertz CT molecular complexity index is 793. The molecule has 2 heterocycles. The molecule has 2 aliphatic heterocycles. The van der Waals surface area contributed by atoms with Crippen LogP contribution in [0.1, 0.15) is 12.8 Å². The van der Waals surface area contributed by atoms with Crippen LogP contribution in [-0.4, -0.2) is 53.8 Å². The summed E-state index contributed by atoms with van der Waals surface area (Å²) in [4.78, 5) is 16.2. The second-order valence-electron chi connectivity index (χ2n) is 5.50. The van der Waals surface area contributed by atoms with Gasteiger partial charge in [-0.15, -0.1) is 0 Å². The molecule has 0 spiro atoms. The first-order chi connectivity index (χ1) is 12.6. The molecule has 6 nitrogen and oxygen atoms in total. The van der Waals surface area contributed by atoms with Crippen molar-refractivity contribution in [1.82, 2.24) is 10.0 Å². The number of hydrogen-bond acceptors (Lipinski definition) is 5. The van der Waals surface area contributed by atoms with Gasteiger partial charge in [-0.3, -0.25) is 9.80 Å². The van der Waals surface area contributed by atoms with Crippen molar-refractivity contribution in [2.24, 2.45) is 4.99 Å². The van der Waals surface area contributed by atoms with Crippen LogP contribution in [0.15, 0.2) is 17.1 Å². The van der Waals surface area contributed by atoms with Crippen LogP contribution < -0.4 is 4.74 Å². The summed E-state index contributed by atoms with van der Waals surface area (Å²) in [5.74, 6) is 6.43. The Morgan fingerprint density at radius 1 is 1.35 bits per heavy atom. The zero-order chi connectivity index (χ0) is 18.5. The van der Waals surface area contributed by atoms with Crippen molar-refractivity contribution < 1.29 is 18.7 Å². The minimum atomic E-state index is -0.546. The van der Waals surface area contributed by atoms with Crippen LogP contribution in [0.3, 0.4) is 0 Å². The summed E-state index contributed by atoms with van der Waals surface area (Å²) in [6.07, 6.45) is 1.46. The first kappa shape index (κ1) is 18.8. The van der Waals surface area contributed by atoms with E-state index in [9.17, 15) is 9.18 Å².